The van der Waals surface area contributed by atoms with Gasteiger partial charge in [-0.25, -0.2) is 0 Å². The first-order chi connectivity index (χ1) is 7.82. The second-order valence-corrected chi connectivity index (χ2v) is 8.56. The molecule has 0 spiro atoms. The topological polar surface area (TPSA) is 54.4 Å². The third kappa shape index (κ3) is 3.69. The lowest BCUT2D eigenvalue weighted by atomic mass is 9.70. The molecule has 1 aliphatic rings. The second kappa shape index (κ2) is 4.49. The molecule has 18 heavy (non-hydrogen) atoms. The maximum absolute atomic E-state index is 11.4. The summed E-state index contributed by atoms with van der Waals surface area (Å²) in [7, 11) is -4.13. The van der Waals surface area contributed by atoms with Crippen molar-refractivity contribution >= 4 is 10.1 Å². The van der Waals surface area contributed by atoms with Crippen LogP contribution < -0.4 is 0 Å². The predicted octanol–water partition coefficient (Wildman–Crippen LogP) is 3.80. The van der Waals surface area contributed by atoms with Crippen molar-refractivity contribution in [3.63, 3.8) is 0 Å². The lowest BCUT2D eigenvalue weighted by Crippen LogP contribution is -2.26. The van der Waals surface area contributed by atoms with Gasteiger partial charge in [0.1, 0.15) is 0 Å². The molecule has 1 aliphatic carbocycles. The Morgan fingerprint density at radius 3 is 2.00 bits per heavy atom. The van der Waals surface area contributed by atoms with Crippen molar-refractivity contribution in [1.82, 2.24) is 0 Å². The van der Waals surface area contributed by atoms with Crippen LogP contribution >= 0.6 is 0 Å². The Hall–Kier alpha value is -0.610. The van der Waals surface area contributed by atoms with Gasteiger partial charge in [0.25, 0.3) is 10.1 Å². The molecule has 0 bridgehead atoms. The molecule has 0 aromatic carbocycles. The molecule has 0 heterocycles. The minimum absolute atomic E-state index is 0.0271. The van der Waals surface area contributed by atoms with Crippen LogP contribution in [0.4, 0.5) is 0 Å². The van der Waals surface area contributed by atoms with Gasteiger partial charge in [0.15, 0.2) is 0 Å². The molecule has 1 rings (SSSR count). The van der Waals surface area contributed by atoms with Crippen LogP contribution in [0.3, 0.4) is 0 Å². The van der Waals surface area contributed by atoms with Gasteiger partial charge in [0.05, 0.1) is 4.91 Å². The molecule has 0 saturated heterocycles. The summed E-state index contributed by atoms with van der Waals surface area (Å²) in [6.45, 7) is 12.4. The fraction of sp³-hybridized carbons (Fsp3) is 0.714. The highest BCUT2D eigenvalue weighted by Crippen LogP contribution is 2.42. The van der Waals surface area contributed by atoms with Gasteiger partial charge in [-0.15, -0.1) is 0 Å². The maximum atomic E-state index is 11.4. The Morgan fingerprint density at radius 2 is 1.67 bits per heavy atom. The van der Waals surface area contributed by atoms with Gasteiger partial charge in [0, 0.05) is 0 Å². The fourth-order valence-corrected chi connectivity index (χ4v) is 2.64. The first-order valence-corrected chi connectivity index (χ1v) is 7.66. The van der Waals surface area contributed by atoms with Crippen LogP contribution in [0.5, 0.6) is 0 Å². The van der Waals surface area contributed by atoms with E-state index < -0.39 is 10.1 Å². The minimum atomic E-state index is -4.13. The third-order valence-corrected chi connectivity index (χ3v) is 4.34. The zero-order valence-electron chi connectivity index (χ0n) is 12.1. The molecule has 1 atom stereocenters. The summed E-state index contributed by atoms with van der Waals surface area (Å²) in [6, 6.07) is 0. The summed E-state index contributed by atoms with van der Waals surface area (Å²) in [5.74, 6) is 0.119. The summed E-state index contributed by atoms with van der Waals surface area (Å²) in [5.41, 5.74) is 0.951. The number of allylic oxidation sites excluding steroid dienone is 3. The number of hydrogen-bond acceptors (Lipinski definition) is 2. The molecule has 4 heteroatoms. The van der Waals surface area contributed by atoms with E-state index in [-0.39, 0.29) is 21.7 Å². The Labute approximate surface area is 111 Å². The minimum Gasteiger partial charge on any atom is -0.282 e. The molecule has 0 saturated carbocycles. The summed E-state index contributed by atoms with van der Waals surface area (Å²) in [4.78, 5) is 0.0404. The molecule has 0 radical (unpaired) electrons. The highest BCUT2D eigenvalue weighted by atomic mass is 32.2. The van der Waals surface area contributed by atoms with Crippen molar-refractivity contribution in [3.05, 3.63) is 22.6 Å². The largest absolute Gasteiger partial charge is 0.294 e. The highest BCUT2D eigenvalue weighted by Gasteiger charge is 2.32. The van der Waals surface area contributed by atoms with Crippen LogP contribution in [0, 0.1) is 16.7 Å². The van der Waals surface area contributed by atoms with Crippen LogP contribution in [-0.4, -0.2) is 13.0 Å². The van der Waals surface area contributed by atoms with E-state index in [9.17, 15) is 13.0 Å². The SMILES string of the molecule is CC(C)(C)C1=CC(S(=O)(=O)O)=CC(C(C)(C)C)C1. The van der Waals surface area contributed by atoms with Crippen LogP contribution in [0.25, 0.3) is 0 Å². The quantitative estimate of drug-likeness (QED) is 0.739. The summed E-state index contributed by atoms with van der Waals surface area (Å²) in [5, 5.41) is 0. The Bertz CT molecular complexity index is 482. The van der Waals surface area contributed by atoms with E-state index in [1.54, 1.807) is 12.2 Å². The van der Waals surface area contributed by atoms with Gasteiger partial charge < -0.3 is 0 Å². The summed E-state index contributed by atoms with van der Waals surface area (Å²) in [6.07, 6.45) is 4.15. The van der Waals surface area contributed by atoms with E-state index in [0.29, 0.717) is 0 Å². The Morgan fingerprint density at radius 1 is 1.17 bits per heavy atom. The van der Waals surface area contributed by atoms with Gasteiger partial charge >= 0.3 is 0 Å². The highest BCUT2D eigenvalue weighted by molar-refractivity contribution is 7.90. The van der Waals surface area contributed by atoms with Crippen molar-refractivity contribution in [3.8, 4) is 0 Å². The van der Waals surface area contributed by atoms with Crippen molar-refractivity contribution in [2.24, 2.45) is 16.7 Å². The van der Waals surface area contributed by atoms with Crippen molar-refractivity contribution in [2.75, 3.05) is 0 Å². The van der Waals surface area contributed by atoms with Gasteiger partial charge in [-0.3, -0.25) is 4.55 Å². The molecule has 1 unspecified atom stereocenters. The smallest absolute Gasteiger partial charge is 0.282 e. The standard InChI is InChI=1S/C14H24O3S/c1-13(2,3)10-7-11(14(4,5)6)9-12(8-10)18(15,16)17/h8-10H,7H2,1-6H3,(H,15,16,17). The second-order valence-electron chi connectivity index (χ2n) is 7.14. The normalized spacial score (nSPS) is 22.5. The average molecular weight is 272 g/mol. The van der Waals surface area contributed by atoms with E-state index in [2.05, 4.69) is 41.5 Å². The molecule has 3 nitrogen and oxygen atoms in total. The van der Waals surface area contributed by atoms with E-state index >= 15 is 0 Å². The van der Waals surface area contributed by atoms with E-state index in [4.69, 9.17) is 0 Å². The summed E-state index contributed by atoms with van der Waals surface area (Å²) >= 11 is 0. The first-order valence-electron chi connectivity index (χ1n) is 6.22. The zero-order valence-corrected chi connectivity index (χ0v) is 12.9. The molecule has 0 aromatic rings. The van der Waals surface area contributed by atoms with Gasteiger partial charge in [-0.05, 0) is 29.2 Å². The predicted molar refractivity (Wildman–Crippen MR) is 74.7 cm³/mol. The lowest BCUT2D eigenvalue weighted by molar-refractivity contribution is 0.274. The molecule has 0 amide bonds. The van der Waals surface area contributed by atoms with Crippen LogP contribution in [0.1, 0.15) is 48.0 Å². The Balaban J connectivity index is 3.30. The third-order valence-electron chi connectivity index (χ3n) is 3.50. The average Bonchev–Trinajstić information content (AvgIpc) is 2.13. The fourth-order valence-electron chi connectivity index (χ4n) is 2.01. The molecule has 1 N–H and O–H groups in total. The number of hydrogen-bond donors (Lipinski definition) is 1. The van der Waals surface area contributed by atoms with Gasteiger partial charge in [-0.2, -0.15) is 8.42 Å². The van der Waals surface area contributed by atoms with E-state index in [1.165, 1.54) is 0 Å². The number of rotatable bonds is 1. The van der Waals surface area contributed by atoms with Crippen LogP contribution in [-0.2, 0) is 10.1 Å². The first kappa shape index (κ1) is 15.4. The molecule has 0 aliphatic heterocycles. The van der Waals surface area contributed by atoms with Crippen molar-refractivity contribution in [1.29, 1.82) is 0 Å². The monoisotopic (exact) mass is 272 g/mol. The van der Waals surface area contributed by atoms with Crippen LogP contribution in [0.15, 0.2) is 22.6 Å². The van der Waals surface area contributed by atoms with E-state index in [1.807, 2.05) is 0 Å². The van der Waals surface area contributed by atoms with Gasteiger partial charge in [-0.1, -0.05) is 53.2 Å². The summed E-state index contributed by atoms with van der Waals surface area (Å²) < 4.78 is 32.0. The molecule has 0 fully saturated rings. The molecule has 104 valence electrons. The van der Waals surface area contributed by atoms with Gasteiger partial charge in [0.2, 0.25) is 0 Å². The van der Waals surface area contributed by atoms with E-state index in [0.717, 1.165) is 12.0 Å². The molecular weight excluding hydrogens is 248 g/mol. The van der Waals surface area contributed by atoms with Crippen LogP contribution in [0.2, 0.25) is 0 Å². The van der Waals surface area contributed by atoms with Crippen molar-refractivity contribution in [2.45, 2.75) is 48.0 Å². The molecular formula is C14H24O3S. The van der Waals surface area contributed by atoms with Crippen molar-refractivity contribution < 1.29 is 13.0 Å². The zero-order chi connectivity index (χ0) is 14.4. The molecule has 0 aromatic heterocycles. The maximum Gasteiger partial charge on any atom is 0.294 e. The lowest BCUT2D eigenvalue weighted by Gasteiger charge is -2.36. The Kier molecular flexibility index (Phi) is 3.86.